The topological polar surface area (TPSA) is 82.1 Å². The van der Waals surface area contributed by atoms with Crippen LogP contribution >= 0.6 is 0 Å². The van der Waals surface area contributed by atoms with Gasteiger partial charge in [0.05, 0.1) is 18.9 Å². The van der Waals surface area contributed by atoms with Crippen molar-refractivity contribution >= 4 is 5.91 Å². The van der Waals surface area contributed by atoms with Crippen molar-refractivity contribution < 1.29 is 9.90 Å². The van der Waals surface area contributed by atoms with Crippen molar-refractivity contribution in [2.75, 3.05) is 13.1 Å². The van der Waals surface area contributed by atoms with E-state index in [1.165, 1.54) is 0 Å². The number of carbonyl (C=O) groups is 1. The van der Waals surface area contributed by atoms with E-state index in [1.54, 1.807) is 29.8 Å². The van der Waals surface area contributed by atoms with Crippen molar-refractivity contribution in [1.82, 2.24) is 19.9 Å². The number of aliphatic hydroxyl groups is 1. The van der Waals surface area contributed by atoms with Crippen molar-refractivity contribution in [3.63, 3.8) is 0 Å². The maximum atomic E-state index is 12.2. The number of pyridine rings is 1. The zero-order valence-corrected chi connectivity index (χ0v) is 11.6. The van der Waals surface area contributed by atoms with Gasteiger partial charge in [-0.1, -0.05) is 0 Å². The molecule has 0 aromatic carbocycles. The van der Waals surface area contributed by atoms with Crippen molar-refractivity contribution in [3.05, 3.63) is 48.3 Å². The fourth-order valence-corrected chi connectivity index (χ4v) is 2.74. The molecule has 3 rings (SSSR count). The third-order valence-corrected chi connectivity index (χ3v) is 3.90. The smallest absolute Gasteiger partial charge is 0.228 e. The Morgan fingerprint density at radius 1 is 1.33 bits per heavy atom. The van der Waals surface area contributed by atoms with Crippen LogP contribution in [0.4, 0.5) is 0 Å². The van der Waals surface area contributed by atoms with Gasteiger partial charge in [-0.2, -0.15) is 0 Å². The summed E-state index contributed by atoms with van der Waals surface area (Å²) in [6, 6.07) is 3.89. The van der Waals surface area contributed by atoms with Gasteiger partial charge < -0.3 is 15.0 Å². The van der Waals surface area contributed by atoms with Crippen LogP contribution in [0.5, 0.6) is 0 Å². The molecule has 0 unspecified atom stereocenters. The van der Waals surface area contributed by atoms with Gasteiger partial charge in [0.1, 0.15) is 0 Å². The van der Waals surface area contributed by atoms with Crippen LogP contribution in [0.25, 0.3) is 0 Å². The summed E-state index contributed by atoms with van der Waals surface area (Å²) in [6.07, 6.45) is 7.30. The second kappa shape index (κ2) is 6.05. The Morgan fingerprint density at radius 2 is 2.14 bits per heavy atom. The first-order valence-corrected chi connectivity index (χ1v) is 7.04. The lowest BCUT2D eigenvalue weighted by Gasteiger charge is -2.15. The fraction of sp³-hybridized carbons (Fsp3) is 0.400. The number of aromatic nitrogens is 3. The molecule has 0 radical (unpaired) electrons. The Labute approximate surface area is 122 Å². The highest BCUT2D eigenvalue weighted by atomic mass is 16.3. The molecule has 6 heteroatoms. The molecule has 3 heterocycles. The summed E-state index contributed by atoms with van der Waals surface area (Å²) in [4.78, 5) is 24.8. The molecule has 2 N–H and O–H groups in total. The van der Waals surface area contributed by atoms with Gasteiger partial charge in [-0.15, -0.1) is 0 Å². The Hall–Kier alpha value is -2.21. The molecule has 0 bridgehead atoms. The number of nitrogens with zero attached hydrogens (tertiary/aromatic N) is 3. The molecule has 1 saturated heterocycles. The molecule has 110 valence electrons. The van der Waals surface area contributed by atoms with Crippen LogP contribution in [-0.4, -0.2) is 50.1 Å². The van der Waals surface area contributed by atoms with E-state index in [2.05, 4.69) is 15.0 Å². The minimum Gasteiger partial charge on any atom is -0.391 e. The number of aromatic amines is 1. The van der Waals surface area contributed by atoms with Gasteiger partial charge in [-0.05, 0) is 24.1 Å². The minimum atomic E-state index is -0.469. The van der Waals surface area contributed by atoms with Gasteiger partial charge in [0.25, 0.3) is 0 Å². The quantitative estimate of drug-likeness (QED) is 0.853. The highest BCUT2D eigenvalue weighted by Gasteiger charge is 2.33. The largest absolute Gasteiger partial charge is 0.391 e. The van der Waals surface area contributed by atoms with Crippen LogP contribution in [0.1, 0.15) is 11.3 Å². The number of aliphatic hydroxyl groups excluding tert-OH is 1. The lowest BCUT2D eigenvalue weighted by Crippen LogP contribution is -2.31. The molecule has 1 fully saturated rings. The van der Waals surface area contributed by atoms with Crippen molar-refractivity contribution in [1.29, 1.82) is 0 Å². The van der Waals surface area contributed by atoms with Gasteiger partial charge in [0.15, 0.2) is 0 Å². The molecule has 0 saturated carbocycles. The van der Waals surface area contributed by atoms with Crippen LogP contribution in [0.15, 0.2) is 37.1 Å². The number of β-amino-alcohol motifs (C(OH)–C–C–N with tert-alkyl or cyclic N) is 1. The maximum absolute atomic E-state index is 12.2. The first kappa shape index (κ1) is 13.8. The van der Waals surface area contributed by atoms with Crippen LogP contribution < -0.4 is 0 Å². The first-order chi connectivity index (χ1) is 10.2. The van der Waals surface area contributed by atoms with Gasteiger partial charge in [0, 0.05) is 43.3 Å². The third kappa shape index (κ3) is 3.28. The molecule has 2 aromatic rings. The minimum absolute atomic E-state index is 0.0236. The van der Waals surface area contributed by atoms with E-state index in [9.17, 15) is 9.90 Å². The Bertz CT molecular complexity index is 585. The number of amides is 1. The van der Waals surface area contributed by atoms with Crippen LogP contribution in [0.3, 0.4) is 0 Å². The van der Waals surface area contributed by atoms with Crippen molar-refractivity contribution in [2.24, 2.45) is 5.92 Å². The Kier molecular flexibility index (Phi) is 3.96. The second-order valence-electron chi connectivity index (χ2n) is 5.44. The van der Waals surface area contributed by atoms with Crippen LogP contribution in [-0.2, 0) is 17.6 Å². The monoisotopic (exact) mass is 286 g/mol. The predicted octanol–water partition coefficient (Wildman–Crippen LogP) is 0.409. The highest BCUT2D eigenvalue weighted by molar-refractivity contribution is 5.78. The van der Waals surface area contributed by atoms with Crippen molar-refractivity contribution in [2.45, 2.75) is 18.9 Å². The summed E-state index contributed by atoms with van der Waals surface area (Å²) in [5.41, 5.74) is 1.93. The number of H-pyrrole nitrogens is 1. The number of hydrogen-bond acceptors (Lipinski definition) is 4. The van der Waals surface area contributed by atoms with Gasteiger partial charge in [-0.3, -0.25) is 9.78 Å². The summed E-state index contributed by atoms with van der Waals surface area (Å²) < 4.78 is 0. The molecule has 2 aromatic heterocycles. The SMILES string of the molecule is O=C(Cc1cnc[nH]1)N1C[C@@H](Cc2ccncc2)[C@H](O)C1. The maximum Gasteiger partial charge on any atom is 0.228 e. The fourth-order valence-electron chi connectivity index (χ4n) is 2.74. The molecule has 1 aliphatic heterocycles. The van der Waals surface area contributed by atoms with Crippen LogP contribution in [0.2, 0.25) is 0 Å². The lowest BCUT2D eigenvalue weighted by atomic mass is 9.97. The van der Waals surface area contributed by atoms with Crippen LogP contribution in [0, 0.1) is 5.92 Å². The number of nitrogens with one attached hydrogen (secondary N) is 1. The summed E-state index contributed by atoms with van der Waals surface area (Å²) >= 11 is 0. The molecule has 1 amide bonds. The highest BCUT2D eigenvalue weighted by Crippen LogP contribution is 2.22. The zero-order chi connectivity index (χ0) is 14.7. The molecule has 1 aliphatic rings. The predicted molar refractivity (Wildman–Crippen MR) is 76.3 cm³/mol. The van der Waals surface area contributed by atoms with E-state index in [0.29, 0.717) is 19.5 Å². The summed E-state index contributed by atoms with van der Waals surface area (Å²) in [5, 5.41) is 10.2. The van der Waals surface area contributed by atoms with Gasteiger partial charge in [-0.25, -0.2) is 4.98 Å². The molecular weight excluding hydrogens is 268 g/mol. The van der Waals surface area contributed by atoms with Gasteiger partial charge in [0.2, 0.25) is 5.91 Å². The van der Waals surface area contributed by atoms with E-state index in [1.807, 2.05) is 12.1 Å². The molecule has 6 nitrogen and oxygen atoms in total. The Balaban J connectivity index is 1.59. The molecule has 0 spiro atoms. The van der Waals surface area contributed by atoms with E-state index in [4.69, 9.17) is 0 Å². The number of carbonyl (C=O) groups excluding carboxylic acids is 1. The normalized spacial score (nSPS) is 21.7. The standard InChI is InChI=1S/C15H18N4O2/c20-14-9-19(15(21)6-13-7-17-10-18-13)8-12(14)5-11-1-3-16-4-2-11/h1-4,7,10,12,14,20H,5-6,8-9H2,(H,17,18)/t12-,14-/m1/s1. The molecule has 0 aliphatic carbocycles. The summed E-state index contributed by atoms with van der Waals surface area (Å²) in [6.45, 7) is 0.999. The first-order valence-electron chi connectivity index (χ1n) is 7.04. The number of rotatable bonds is 4. The number of imidazole rings is 1. The lowest BCUT2D eigenvalue weighted by molar-refractivity contribution is -0.129. The van der Waals surface area contributed by atoms with E-state index in [-0.39, 0.29) is 11.8 Å². The van der Waals surface area contributed by atoms with E-state index >= 15 is 0 Å². The van der Waals surface area contributed by atoms with E-state index in [0.717, 1.165) is 17.7 Å². The average molecular weight is 286 g/mol. The average Bonchev–Trinajstić information content (AvgIpc) is 3.11. The summed E-state index contributed by atoms with van der Waals surface area (Å²) in [5.74, 6) is 0.105. The third-order valence-electron chi connectivity index (χ3n) is 3.90. The Morgan fingerprint density at radius 3 is 2.86 bits per heavy atom. The molecule has 2 atom stereocenters. The zero-order valence-electron chi connectivity index (χ0n) is 11.6. The number of likely N-dealkylation sites (tertiary alicyclic amines) is 1. The number of hydrogen-bond donors (Lipinski definition) is 2. The molecule has 21 heavy (non-hydrogen) atoms. The summed E-state index contributed by atoms with van der Waals surface area (Å²) in [7, 11) is 0. The van der Waals surface area contributed by atoms with Gasteiger partial charge >= 0.3 is 0 Å². The second-order valence-corrected chi connectivity index (χ2v) is 5.44. The van der Waals surface area contributed by atoms with E-state index < -0.39 is 6.10 Å². The molecular formula is C15H18N4O2. The van der Waals surface area contributed by atoms with Crippen molar-refractivity contribution in [3.8, 4) is 0 Å².